The summed E-state index contributed by atoms with van der Waals surface area (Å²) in [5.74, 6) is -0.0564. The van der Waals surface area contributed by atoms with Crippen molar-refractivity contribution in [1.29, 1.82) is 0 Å². The maximum absolute atomic E-state index is 12.8. The first-order valence-electron chi connectivity index (χ1n) is 9.08. The van der Waals surface area contributed by atoms with Crippen LogP contribution in [-0.2, 0) is 34.0 Å². The molecule has 5 nitrogen and oxygen atoms in total. The number of hydrogen-bond donors (Lipinski definition) is 0. The molecule has 1 aliphatic heterocycles. The second kappa shape index (κ2) is 7.78. The van der Waals surface area contributed by atoms with E-state index in [9.17, 15) is 9.00 Å². The second-order valence-corrected chi connectivity index (χ2v) is 12.3. The van der Waals surface area contributed by atoms with Crippen LogP contribution in [0.3, 0.4) is 0 Å². The maximum atomic E-state index is 12.8. The largest absolute Gasteiger partial charge is 0.423 e. The van der Waals surface area contributed by atoms with Crippen LogP contribution in [0, 0.1) is 12.3 Å². The molecule has 1 atom stereocenters. The first-order chi connectivity index (χ1) is 13.5. The molecular weight excluding hydrogens is 428 g/mol. The summed E-state index contributed by atoms with van der Waals surface area (Å²) >= 11 is 6.05. The number of pyridine rings is 2. The zero-order valence-corrected chi connectivity index (χ0v) is 19.6. The van der Waals surface area contributed by atoms with Crippen molar-refractivity contribution in [2.75, 3.05) is 0 Å². The van der Waals surface area contributed by atoms with E-state index in [1.807, 2.05) is 32.9 Å². The molecule has 0 saturated carbocycles. The lowest BCUT2D eigenvalue weighted by Gasteiger charge is -2.36. The minimum absolute atomic E-state index is 0.332. The van der Waals surface area contributed by atoms with E-state index in [0.717, 1.165) is 16.7 Å². The summed E-state index contributed by atoms with van der Waals surface area (Å²) in [4.78, 5) is 22.2. The van der Waals surface area contributed by atoms with Gasteiger partial charge in [0.25, 0.3) is 0 Å². The maximum Gasteiger partial charge on any atom is 0.316 e. The Hall–Kier alpha value is -1.83. The van der Waals surface area contributed by atoms with E-state index in [4.69, 9.17) is 16.3 Å². The predicted octanol–water partition coefficient (Wildman–Crippen LogP) is 4.85. The number of carbonyl (C=O) groups is 1. The minimum atomic E-state index is -0.862. The van der Waals surface area contributed by atoms with Crippen LogP contribution in [0.25, 0.3) is 10.7 Å². The number of halogens is 1. The Labute approximate surface area is 181 Å². The van der Waals surface area contributed by atoms with Crippen molar-refractivity contribution in [3.05, 3.63) is 58.1 Å². The van der Waals surface area contributed by atoms with Crippen molar-refractivity contribution in [3.63, 3.8) is 0 Å². The van der Waals surface area contributed by atoms with Crippen LogP contribution in [0.1, 0.15) is 57.0 Å². The standard InChI is InChI=1S/C21H23ClN2O3S2/c1-12-10-15(22)24-11-13(12)18-17(27-19(25)20(2,3)4)16-14(8-7-9-23-16)21(5,6)29(18)28-26/h7-11H,1-6H3. The van der Waals surface area contributed by atoms with Gasteiger partial charge in [-0.1, -0.05) is 17.7 Å². The molecule has 154 valence electrons. The Morgan fingerprint density at radius 3 is 2.55 bits per heavy atom. The van der Waals surface area contributed by atoms with Crippen molar-refractivity contribution in [1.82, 2.24) is 9.97 Å². The van der Waals surface area contributed by atoms with Gasteiger partial charge in [0, 0.05) is 22.7 Å². The van der Waals surface area contributed by atoms with Crippen LogP contribution in [0.5, 0.6) is 0 Å². The number of ether oxygens (including phenoxy) is 1. The average Bonchev–Trinajstić information content (AvgIpc) is 2.63. The van der Waals surface area contributed by atoms with Crippen LogP contribution in [0.2, 0.25) is 5.15 Å². The quantitative estimate of drug-likeness (QED) is 0.483. The molecule has 29 heavy (non-hydrogen) atoms. The zero-order valence-electron chi connectivity index (χ0n) is 17.2. The van der Waals surface area contributed by atoms with Gasteiger partial charge in [-0.2, -0.15) is 0 Å². The Morgan fingerprint density at radius 2 is 1.97 bits per heavy atom. The topological polar surface area (TPSA) is 69.2 Å². The fraction of sp³-hybridized carbons (Fsp3) is 0.381. The van der Waals surface area contributed by atoms with E-state index in [1.54, 1.807) is 39.2 Å². The van der Waals surface area contributed by atoms with E-state index in [1.165, 1.54) is 0 Å². The zero-order chi connectivity index (χ0) is 21.6. The van der Waals surface area contributed by atoms with Gasteiger partial charge in [-0.05, 0) is 74.3 Å². The second-order valence-electron chi connectivity index (χ2n) is 8.37. The van der Waals surface area contributed by atoms with E-state index >= 15 is 0 Å². The number of carbonyl (C=O) groups excluding carboxylic acids is 1. The normalized spacial score (nSPS) is 18.2. The number of rotatable bonds is 2. The lowest BCUT2D eigenvalue weighted by Crippen LogP contribution is -2.32. The van der Waals surface area contributed by atoms with Gasteiger partial charge in [-0.25, -0.2) is 9.19 Å². The van der Waals surface area contributed by atoms with Crippen molar-refractivity contribution in [2.45, 2.75) is 46.3 Å². The number of aryl methyl sites for hydroxylation is 1. The van der Waals surface area contributed by atoms with E-state index in [2.05, 4.69) is 9.97 Å². The third-order valence-electron chi connectivity index (χ3n) is 4.72. The van der Waals surface area contributed by atoms with Crippen molar-refractivity contribution >= 4 is 47.9 Å². The molecule has 0 radical (unpaired) electrons. The number of hydrogen-bond acceptors (Lipinski definition) is 5. The summed E-state index contributed by atoms with van der Waals surface area (Å²) in [6.07, 6.45) is 3.30. The summed E-state index contributed by atoms with van der Waals surface area (Å²) < 4.78 is 17.8. The van der Waals surface area contributed by atoms with Gasteiger partial charge in [0.1, 0.15) is 21.1 Å². The summed E-state index contributed by atoms with van der Waals surface area (Å²) in [5, 5.41) is 0.364. The molecule has 0 amide bonds. The molecule has 0 N–H and O–H groups in total. The molecule has 0 aromatic carbocycles. The van der Waals surface area contributed by atoms with E-state index in [-0.39, 0.29) is 5.97 Å². The van der Waals surface area contributed by atoms with Gasteiger partial charge in [-0.15, -0.1) is 0 Å². The highest BCUT2D eigenvalue weighted by atomic mass is 35.5. The van der Waals surface area contributed by atoms with Gasteiger partial charge in [0.15, 0.2) is 5.76 Å². The van der Waals surface area contributed by atoms with Crippen LogP contribution in [0.15, 0.2) is 30.6 Å². The van der Waals surface area contributed by atoms with Gasteiger partial charge in [-0.3, -0.25) is 9.78 Å². The highest BCUT2D eigenvalue weighted by Gasteiger charge is 2.42. The fourth-order valence-electron chi connectivity index (χ4n) is 3.06. The van der Waals surface area contributed by atoms with E-state index < -0.39 is 19.6 Å². The summed E-state index contributed by atoms with van der Waals surface area (Å²) in [5.41, 5.74) is 2.34. The lowest BCUT2D eigenvalue weighted by molar-refractivity contribution is -0.145. The Bertz CT molecular complexity index is 1100. The third kappa shape index (κ3) is 3.96. The van der Waals surface area contributed by atoms with Crippen molar-refractivity contribution in [2.24, 2.45) is 5.41 Å². The highest BCUT2D eigenvalue weighted by molar-refractivity contribution is 8.36. The van der Waals surface area contributed by atoms with E-state index in [0.29, 0.717) is 31.7 Å². The smallest absolute Gasteiger partial charge is 0.316 e. The molecule has 8 heteroatoms. The van der Waals surface area contributed by atoms with Gasteiger partial charge >= 0.3 is 5.97 Å². The molecule has 3 rings (SSSR count). The molecule has 2 aromatic heterocycles. The average molecular weight is 451 g/mol. The molecule has 2 aromatic rings. The molecule has 3 heterocycles. The first kappa shape index (κ1) is 21.9. The molecule has 0 aliphatic carbocycles. The lowest BCUT2D eigenvalue weighted by atomic mass is 9.96. The van der Waals surface area contributed by atoms with Crippen LogP contribution in [-0.4, -0.2) is 20.1 Å². The van der Waals surface area contributed by atoms with Crippen molar-refractivity contribution < 1.29 is 13.7 Å². The van der Waals surface area contributed by atoms with Crippen LogP contribution < -0.4 is 0 Å². The molecule has 0 spiro atoms. The molecule has 0 bridgehead atoms. The SMILES string of the molecule is Cc1cc(Cl)ncc1C1=C(OC(=O)C(C)(C)C)c2ncccc2C(C)(C)S1=S=O. The summed E-state index contributed by atoms with van der Waals surface area (Å²) in [7, 11) is -0.351. The number of esters is 1. The van der Waals surface area contributed by atoms with Crippen LogP contribution in [0.4, 0.5) is 0 Å². The van der Waals surface area contributed by atoms with Crippen LogP contribution >= 0.6 is 11.6 Å². The molecule has 1 aliphatic rings. The van der Waals surface area contributed by atoms with Gasteiger partial charge < -0.3 is 4.74 Å². The van der Waals surface area contributed by atoms with Gasteiger partial charge in [0.2, 0.25) is 0 Å². The number of fused-ring (bicyclic) bond motifs is 1. The molecular formula is C21H23ClN2O3S2. The fourth-order valence-corrected chi connectivity index (χ4v) is 6.59. The Kier molecular flexibility index (Phi) is 5.87. The number of nitrogens with zero attached hydrogens (tertiary/aromatic N) is 2. The molecule has 0 fully saturated rings. The Balaban J connectivity index is 2.42. The third-order valence-corrected chi connectivity index (χ3v) is 9.15. The molecule has 1 unspecified atom stereocenters. The van der Waals surface area contributed by atoms with Crippen molar-refractivity contribution in [3.8, 4) is 0 Å². The van der Waals surface area contributed by atoms with Gasteiger partial charge in [0.05, 0.1) is 10.3 Å². The first-order valence-corrected chi connectivity index (χ1v) is 11.9. The predicted molar refractivity (Wildman–Crippen MR) is 119 cm³/mol. The highest BCUT2D eigenvalue weighted by Crippen LogP contribution is 2.47. The Morgan fingerprint density at radius 1 is 1.28 bits per heavy atom. The minimum Gasteiger partial charge on any atom is -0.423 e. The molecule has 0 saturated heterocycles. The number of aromatic nitrogens is 2. The summed E-state index contributed by atoms with van der Waals surface area (Å²) in [6, 6.07) is 5.51. The monoisotopic (exact) mass is 450 g/mol. The summed E-state index contributed by atoms with van der Waals surface area (Å²) in [6.45, 7) is 11.3.